The van der Waals surface area contributed by atoms with Crippen LogP contribution < -0.4 is 10.2 Å². The highest BCUT2D eigenvalue weighted by atomic mass is 32.1. The van der Waals surface area contributed by atoms with Crippen LogP contribution in [0.4, 0.5) is 5.13 Å². The number of imidazole rings is 1. The zero-order valence-electron chi connectivity index (χ0n) is 15.7. The molecule has 3 aromatic rings. The highest BCUT2D eigenvalue weighted by molar-refractivity contribution is 7.09. The summed E-state index contributed by atoms with van der Waals surface area (Å²) in [5, 5.41) is 4.47. The Morgan fingerprint density at radius 1 is 1.22 bits per heavy atom. The Morgan fingerprint density at radius 3 is 2.78 bits per heavy atom. The number of nitrogens with zero attached hydrogens (tertiary/aromatic N) is 7. The van der Waals surface area contributed by atoms with E-state index in [1.54, 1.807) is 0 Å². The topological polar surface area (TPSA) is 74.0 Å². The van der Waals surface area contributed by atoms with Crippen LogP contribution in [0.2, 0.25) is 0 Å². The van der Waals surface area contributed by atoms with Crippen molar-refractivity contribution < 1.29 is 0 Å². The molecule has 0 spiro atoms. The maximum atomic E-state index is 4.63. The van der Waals surface area contributed by atoms with E-state index in [0.717, 1.165) is 60.9 Å². The Morgan fingerprint density at radius 2 is 2.07 bits per heavy atom. The van der Waals surface area contributed by atoms with E-state index in [2.05, 4.69) is 41.4 Å². The number of hydrogen-bond acceptors (Lipinski definition) is 6. The molecule has 1 N–H and O–H groups in total. The molecule has 142 valence electrons. The molecule has 0 amide bonds. The number of rotatable bonds is 4. The van der Waals surface area contributed by atoms with Crippen molar-refractivity contribution in [2.75, 3.05) is 38.1 Å². The Labute approximate surface area is 162 Å². The van der Waals surface area contributed by atoms with Crippen LogP contribution in [-0.4, -0.2) is 62.8 Å². The number of fused-ring (bicyclic) bond motifs is 1. The van der Waals surface area contributed by atoms with Crippen LogP contribution in [0.5, 0.6) is 0 Å². The largest absolute Gasteiger partial charge is 0.351 e. The molecule has 0 saturated carbocycles. The highest BCUT2D eigenvalue weighted by Gasteiger charge is 2.22. The van der Waals surface area contributed by atoms with Gasteiger partial charge in [0.05, 0.1) is 12.2 Å². The average Bonchev–Trinajstić information content (AvgIpc) is 3.35. The van der Waals surface area contributed by atoms with Gasteiger partial charge in [0.15, 0.2) is 5.96 Å². The van der Waals surface area contributed by atoms with Crippen molar-refractivity contribution in [1.82, 2.24) is 29.0 Å². The van der Waals surface area contributed by atoms with E-state index < -0.39 is 0 Å². The van der Waals surface area contributed by atoms with Gasteiger partial charge in [-0.05, 0) is 12.1 Å². The van der Waals surface area contributed by atoms with Crippen LogP contribution in [0.3, 0.4) is 0 Å². The van der Waals surface area contributed by atoms with Gasteiger partial charge in [-0.1, -0.05) is 13.0 Å². The molecule has 4 rings (SSSR count). The van der Waals surface area contributed by atoms with Crippen molar-refractivity contribution in [1.29, 1.82) is 0 Å². The molecule has 0 atom stereocenters. The first-order chi connectivity index (χ1) is 13.3. The molecule has 4 heterocycles. The summed E-state index contributed by atoms with van der Waals surface area (Å²) in [5.74, 6) is 1.85. The molecule has 8 nitrogen and oxygen atoms in total. The first kappa shape index (κ1) is 17.7. The molecule has 0 aliphatic carbocycles. The average molecular weight is 385 g/mol. The number of hydrogen-bond donors (Lipinski definition) is 1. The third kappa shape index (κ3) is 3.87. The smallest absolute Gasteiger partial charge is 0.205 e. The fraction of sp³-hybridized carbons (Fsp3) is 0.444. The zero-order valence-corrected chi connectivity index (χ0v) is 16.5. The van der Waals surface area contributed by atoms with Gasteiger partial charge < -0.3 is 19.5 Å². The lowest BCUT2D eigenvalue weighted by molar-refractivity contribution is 0.372. The van der Waals surface area contributed by atoms with Gasteiger partial charge in [-0.15, -0.1) is 0 Å². The highest BCUT2D eigenvalue weighted by Crippen LogP contribution is 2.19. The molecular formula is C18H24N8S. The molecule has 9 heteroatoms. The van der Waals surface area contributed by atoms with E-state index in [0.29, 0.717) is 6.54 Å². The standard InChI is InChI=1S/C18H24N8S/c1-3-15-22-18(27-23-15)25-10-8-24(9-11-25)17(19-2)20-12-14-13-26-7-5-4-6-16(26)21-14/h4-7,13H,3,8-12H2,1-2H3,(H,19,20). The number of pyridine rings is 1. The van der Waals surface area contributed by atoms with Gasteiger partial charge in [0.25, 0.3) is 0 Å². The summed E-state index contributed by atoms with van der Waals surface area (Å²) in [6, 6.07) is 6.01. The third-order valence-corrected chi connectivity index (χ3v) is 5.49. The summed E-state index contributed by atoms with van der Waals surface area (Å²) in [6.07, 6.45) is 4.95. The third-order valence-electron chi connectivity index (χ3n) is 4.68. The fourth-order valence-electron chi connectivity index (χ4n) is 3.20. The number of guanidine groups is 1. The van der Waals surface area contributed by atoms with E-state index in [4.69, 9.17) is 0 Å². The van der Waals surface area contributed by atoms with Crippen molar-refractivity contribution >= 4 is 28.3 Å². The van der Waals surface area contributed by atoms with E-state index in [9.17, 15) is 0 Å². The molecule has 1 fully saturated rings. The summed E-state index contributed by atoms with van der Waals surface area (Å²) < 4.78 is 6.42. The molecule has 0 unspecified atom stereocenters. The van der Waals surface area contributed by atoms with Gasteiger partial charge in [0.1, 0.15) is 11.5 Å². The molecular weight excluding hydrogens is 360 g/mol. The lowest BCUT2D eigenvalue weighted by Gasteiger charge is -2.36. The maximum Gasteiger partial charge on any atom is 0.205 e. The zero-order chi connectivity index (χ0) is 18.6. The molecule has 0 aromatic carbocycles. The molecule has 3 aromatic heterocycles. The van der Waals surface area contributed by atoms with E-state index in [1.807, 2.05) is 42.0 Å². The van der Waals surface area contributed by atoms with E-state index in [1.165, 1.54) is 11.5 Å². The van der Waals surface area contributed by atoms with Crippen LogP contribution in [0, 0.1) is 0 Å². The van der Waals surface area contributed by atoms with Crippen LogP contribution >= 0.6 is 11.5 Å². The van der Waals surface area contributed by atoms with E-state index >= 15 is 0 Å². The first-order valence-electron chi connectivity index (χ1n) is 9.22. The lowest BCUT2D eigenvalue weighted by atomic mass is 10.3. The molecule has 1 aliphatic heterocycles. The van der Waals surface area contributed by atoms with Crippen molar-refractivity contribution in [3.05, 3.63) is 42.1 Å². The monoisotopic (exact) mass is 384 g/mol. The van der Waals surface area contributed by atoms with Gasteiger partial charge in [0.2, 0.25) is 5.13 Å². The van der Waals surface area contributed by atoms with Crippen LogP contribution in [-0.2, 0) is 13.0 Å². The minimum atomic E-state index is 0.658. The molecule has 1 saturated heterocycles. The SMILES string of the molecule is CCc1nsc(N2CCN(C(=NC)NCc3cn4ccccc4n3)CC2)n1. The predicted molar refractivity (Wildman–Crippen MR) is 108 cm³/mol. The second-order valence-electron chi connectivity index (χ2n) is 6.42. The first-order valence-corrected chi connectivity index (χ1v) is 10.00. The Hall–Kier alpha value is -2.68. The Balaban J connectivity index is 1.33. The van der Waals surface area contributed by atoms with Crippen molar-refractivity contribution in [2.24, 2.45) is 4.99 Å². The quantitative estimate of drug-likeness (QED) is 0.545. The fourth-order valence-corrected chi connectivity index (χ4v) is 4.00. The summed E-state index contributed by atoms with van der Waals surface area (Å²) >= 11 is 1.50. The lowest BCUT2D eigenvalue weighted by Crippen LogP contribution is -2.52. The predicted octanol–water partition coefficient (Wildman–Crippen LogP) is 1.65. The van der Waals surface area contributed by atoms with Gasteiger partial charge in [0, 0.05) is 63.6 Å². The van der Waals surface area contributed by atoms with Crippen LogP contribution in [0.1, 0.15) is 18.4 Å². The Bertz CT molecular complexity index is 889. The summed E-state index contributed by atoms with van der Waals surface area (Å²) in [4.78, 5) is 18.3. The van der Waals surface area contributed by atoms with Crippen molar-refractivity contribution in [3.63, 3.8) is 0 Å². The molecule has 0 radical (unpaired) electrons. The van der Waals surface area contributed by atoms with Gasteiger partial charge in [-0.3, -0.25) is 4.99 Å². The summed E-state index contributed by atoms with van der Waals surface area (Å²) in [7, 11) is 1.83. The number of aromatic nitrogens is 4. The molecule has 27 heavy (non-hydrogen) atoms. The molecule has 1 aliphatic rings. The summed E-state index contributed by atoms with van der Waals surface area (Å²) in [5.41, 5.74) is 1.96. The number of aliphatic imine (C=N–C) groups is 1. The molecule has 0 bridgehead atoms. The van der Waals surface area contributed by atoms with Gasteiger partial charge >= 0.3 is 0 Å². The number of piperazine rings is 1. The van der Waals surface area contributed by atoms with Crippen molar-refractivity contribution in [2.45, 2.75) is 19.9 Å². The van der Waals surface area contributed by atoms with Crippen molar-refractivity contribution in [3.8, 4) is 0 Å². The van der Waals surface area contributed by atoms with E-state index in [-0.39, 0.29) is 0 Å². The van der Waals surface area contributed by atoms with Crippen LogP contribution in [0.25, 0.3) is 5.65 Å². The second kappa shape index (κ2) is 7.91. The number of anilines is 1. The van der Waals surface area contributed by atoms with Crippen LogP contribution in [0.15, 0.2) is 35.6 Å². The van der Waals surface area contributed by atoms with Gasteiger partial charge in [-0.2, -0.15) is 4.37 Å². The maximum absolute atomic E-state index is 4.63. The van der Waals surface area contributed by atoms with Gasteiger partial charge in [-0.25, -0.2) is 9.97 Å². The number of aryl methyl sites for hydroxylation is 1. The second-order valence-corrected chi connectivity index (χ2v) is 7.15. The normalized spacial score (nSPS) is 15.6. The minimum Gasteiger partial charge on any atom is -0.351 e. The summed E-state index contributed by atoms with van der Waals surface area (Å²) in [6.45, 7) is 6.41. The minimum absolute atomic E-state index is 0.658. The Kier molecular flexibility index (Phi) is 5.19. The number of nitrogens with one attached hydrogen (secondary N) is 1.